The number of anilines is 1. The molecule has 252 valence electrons. The normalized spacial score (nSPS) is 21.3. The zero-order valence-electron chi connectivity index (χ0n) is 24.9. The van der Waals surface area contributed by atoms with E-state index in [-0.39, 0.29) is 54.7 Å². The first kappa shape index (κ1) is 34.2. The SMILES string of the molecule is O=C(Nc1ccccc1)NC1CC12CCC(CN(Cc1ccccc1)S(=O)(=O)NC(=O)c1cc(C(F)(F)F)cc(C(F)(F)F)c1)CC2. The Morgan fingerprint density at radius 3 is 1.94 bits per heavy atom. The minimum atomic E-state index is -5.21. The van der Waals surface area contributed by atoms with Crippen LogP contribution in [-0.2, 0) is 29.1 Å². The fraction of sp³-hybridized carbons (Fsp3) is 0.375. The van der Waals surface area contributed by atoms with Gasteiger partial charge in [-0.25, -0.2) is 9.52 Å². The lowest BCUT2D eigenvalue weighted by Crippen LogP contribution is -2.45. The minimum Gasteiger partial charge on any atom is -0.335 e. The molecule has 0 radical (unpaired) electrons. The lowest BCUT2D eigenvalue weighted by molar-refractivity contribution is -0.143. The molecule has 3 amide bonds. The van der Waals surface area contributed by atoms with Crippen LogP contribution in [0.4, 0.5) is 36.8 Å². The van der Waals surface area contributed by atoms with Gasteiger partial charge in [-0.15, -0.1) is 0 Å². The maximum atomic E-state index is 13.5. The van der Waals surface area contributed by atoms with Crippen molar-refractivity contribution in [2.24, 2.45) is 11.3 Å². The molecule has 2 fully saturated rings. The van der Waals surface area contributed by atoms with Gasteiger partial charge < -0.3 is 10.6 Å². The highest BCUT2D eigenvalue weighted by Crippen LogP contribution is 2.57. The van der Waals surface area contributed by atoms with E-state index in [0.717, 1.165) is 10.7 Å². The van der Waals surface area contributed by atoms with Crippen molar-refractivity contribution in [1.29, 1.82) is 0 Å². The van der Waals surface area contributed by atoms with E-state index in [9.17, 15) is 44.3 Å². The van der Waals surface area contributed by atoms with Gasteiger partial charge in [0.1, 0.15) is 0 Å². The van der Waals surface area contributed by atoms with Crippen LogP contribution in [0.2, 0.25) is 0 Å². The van der Waals surface area contributed by atoms with Crippen molar-refractivity contribution < 1.29 is 44.3 Å². The van der Waals surface area contributed by atoms with Gasteiger partial charge in [-0.2, -0.15) is 39.1 Å². The van der Waals surface area contributed by atoms with Gasteiger partial charge >= 0.3 is 28.6 Å². The van der Waals surface area contributed by atoms with E-state index < -0.39 is 45.2 Å². The highest BCUT2D eigenvalue weighted by atomic mass is 32.2. The smallest absolute Gasteiger partial charge is 0.335 e. The van der Waals surface area contributed by atoms with Crippen LogP contribution in [0, 0.1) is 11.3 Å². The van der Waals surface area contributed by atoms with Gasteiger partial charge in [-0.3, -0.25) is 4.79 Å². The second-order valence-electron chi connectivity index (χ2n) is 12.0. The average Bonchev–Trinajstić information content (AvgIpc) is 3.67. The molecule has 3 aromatic rings. The molecule has 3 aromatic carbocycles. The fourth-order valence-electron chi connectivity index (χ4n) is 6.04. The van der Waals surface area contributed by atoms with Gasteiger partial charge in [0.2, 0.25) is 0 Å². The van der Waals surface area contributed by atoms with Crippen LogP contribution in [0.5, 0.6) is 0 Å². The Labute approximate surface area is 267 Å². The summed E-state index contributed by atoms with van der Waals surface area (Å²) >= 11 is 0. The summed E-state index contributed by atoms with van der Waals surface area (Å²) < 4.78 is 110. The summed E-state index contributed by atoms with van der Waals surface area (Å²) in [5.74, 6) is -1.77. The Morgan fingerprint density at radius 2 is 1.38 bits per heavy atom. The molecule has 47 heavy (non-hydrogen) atoms. The molecule has 0 bridgehead atoms. The number of alkyl halides is 6. The summed E-state index contributed by atoms with van der Waals surface area (Å²) in [6.45, 7) is -0.234. The number of nitrogens with zero attached hydrogens (tertiary/aromatic N) is 1. The number of amides is 3. The number of carbonyl (C=O) groups is 2. The first-order chi connectivity index (χ1) is 22.0. The van der Waals surface area contributed by atoms with E-state index in [0.29, 0.717) is 36.9 Å². The van der Waals surface area contributed by atoms with Crippen molar-refractivity contribution in [1.82, 2.24) is 14.3 Å². The summed E-state index contributed by atoms with van der Waals surface area (Å²) in [5.41, 5.74) is -3.47. The molecule has 3 N–H and O–H groups in total. The lowest BCUT2D eigenvalue weighted by Gasteiger charge is -2.33. The van der Waals surface area contributed by atoms with Crippen molar-refractivity contribution in [3.63, 3.8) is 0 Å². The monoisotopic (exact) mass is 682 g/mol. The molecule has 2 aliphatic carbocycles. The molecule has 0 aliphatic heterocycles. The molecular weight excluding hydrogens is 650 g/mol. The summed E-state index contributed by atoms with van der Waals surface area (Å²) in [7, 11) is -4.73. The Balaban J connectivity index is 1.26. The van der Waals surface area contributed by atoms with E-state index in [1.54, 1.807) is 59.3 Å². The summed E-state index contributed by atoms with van der Waals surface area (Å²) in [6.07, 6.45) is -7.01. The largest absolute Gasteiger partial charge is 0.416 e. The number of rotatable bonds is 9. The molecule has 0 saturated heterocycles. The Bertz CT molecular complexity index is 1660. The van der Waals surface area contributed by atoms with Crippen LogP contribution >= 0.6 is 0 Å². The average molecular weight is 683 g/mol. The molecule has 2 aliphatic rings. The van der Waals surface area contributed by atoms with Gasteiger partial charge in [0, 0.05) is 30.4 Å². The molecule has 0 heterocycles. The molecule has 5 rings (SSSR count). The summed E-state index contributed by atoms with van der Waals surface area (Å²) in [6, 6.07) is 17.2. The number of halogens is 6. The lowest BCUT2D eigenvalue weighted by atomic mass is 9.79. The molecule has 1 unspecified atom stereocenters. The first-order valence-electron chi connectivity index (χ1n) is 14.8. The van der Waals surface area contributed by atoms with E-state index in [1.165, 1.54) is 0 Å². The Kier molecular flexibility index (Phi) is 9.60. The van der Waals surface area contributed by atoms with Crippen molar-refractivity contribution in [3.05, 3.63) is 101 Å². The van der Waals surface area contributed by atoms with E-state index >= 15 is 0 Å². The predicted molar refractivity (Wildman–Crippen MR) is 161 cm³/mol. The van der Waals surface area contributed by atoms with Crippen molar-refractivity contribution in [3.8, 4) is 0 Å². The van der Waals surface area contributed by atoms with Crippen LogP contribution in [0.25, 0.3) is 0 Å². The number of carbonyl (C=O) groups excluding carboxylic acids is 2. The van der Waals surface area contributed by atoms with Crippen LogP contribution < -0.4 is 15.4 Å². The van der Waals surface area contributed by atoms with Crippen molar-refractivity contribution in [2.75, 3.05) is 11.9 Å². The third kappa shape index (κ3) is 8.63. The molecule has 2 saturated carbocycles. The van der Waals surface area contributed by atoms with Crippen molar-refractivity contribution in [2.45, 2.75) is 57.0 Å². The highest BCUT2D eigenvalue weighted by molar-refractivity contribution is 7.87. The topological polar surface area (TPSA) is 108 Å². The third-order valence-electron chi connectivity index (χ3n) is 8.70. The van der Waals surface area contributed by atoms with Gasteiger partial charge in [0.15, 0.2) is 0 Å². The number of urea groups is 1. The fourth-order valence-corrected chi connectivity index (χ4v) is 7.24. The highest BCUT2D eigenvalue weighted by Gasteiger charge is 2.55. The Morgan fingerprint density at radius 1 is 0.830 bits per heavy atom. The van der Waals surface area contributed by atoms with E-state index in [1.807, 2.05) is 6.07 Å². The molecule has 1 spiro atoms. The number of nitrogens with one attached hydrogen (secondary N) is 3. The zero-order chi connectivity index (χ0) is 34.0. The summed E-state index contributed by atoms with van der Waals surface area (Å²) in [4.78, 5) is 25.4. The van der Waals surface area contributed by atoms with Gasteiger partial charge in [-0.05, 0) is 79.3 Å². The minimum absolute atomic E-state index is 0.0374. The number of para-hydroxylation sites is 1. The van der Waals surface area contributed by atoms with Crippen LogP contribution in [0.15, 0.2) is 78.9 Å². The molecule has 15 heteroatoms. The summed E-state index contributed by atoms with van der Waals surface area (Å²) in [5, 5.41) is 5.78. The Hall–Kier alpha value is -4.11. The van der Waals surface area contributed by atoms with Gasteiger partial charge in [0.25, 0.3) is 5.91 Å². The number of hydrogen-bond donors (Lipinski definition) is 3. The molecule has 0 aromatic heterocycles. The van der Waals surface area contributed by atoms with Crippen LogP contribution in [-0.4, -0.2) is 37.2 Å². The maximum Gasteiger partial charge on any atom is 0.416 e. The van der Waals surface area contributed by atoms with Gasteiger partial charge in [0.05, 0.1) is 11.1 Å². The van der Waals surface area contributed by atoms with Crippen LogP contribution in [0.3, 0.4) is 0 Å². The third-order valence-corrected chi connectivity index (χ3v) is 10.1. The van der Waals surface area contributed by atoms with Crippen molar-refractivity contribution >= 4 is 27.8 Å². The van der Waals surface area contributed by atoms with Gasteiger partial charge in [-0.1, -0.05) is 48.5 Å². The molecule has 8 nitrogen and oxygen atoms in total. The number of hydrogen-bond acceptors (Lipinski definition) is 4. The standard InChI is InChI=1S/C32H32F6N4O4S/c33-31(34,35)24-15-23(16-25(17-24)32(36,37)38)28(43)41-47(45,46)42(19-21-7-3-1-4-8-21)20-22-11-13-30(14-12-22)18-27(30)40-29(44)39-26-9-5-2-6-10-26/h1-10,15-17,22,27H,11-14,18-20H2,(H,41,43)(H2,39,40,44). The number of benzene rings is 3. The van der Waals surface area contributed by atoms with E-state index in [4.69, 9.17) is 0 Å². The second-order valence-corrected chi connectivity index (χ2v) is 13.7. The zero-order valence-corrected chi connectivity index (χ0v) is 25.7. The molecular formula is C32H32F6N4O4S. The maximum absolute atomic E-state index is 13.5. The predicted octanol–water partition coefficient (Wildman–Crippen LogP) is 6.97. The second kappa shape index (κ2) is 13.2. The first-order valence-corrected chi connectivity index (χ1v) is 16.3. The van der Waals surface area contributed by atoms with Crippen LogP contribution in [0.1, 0.15) is 59.2 Å². The quantitative estimate of drug-likeness (QED) is 0.212. The molecule has 1 atom stereocenters. The van der Waals surface area contributed by atoms with E-state index in [2.05, 4.69) is 10.6 Å².